The van der Waals surface area contributed by atoms with Gasteiger partial charge in [-0.2, -0.15) is 0 Å². The third-order valence-electron chi connectivity index (χ3n) is 4.05. The molecule has 0 amide bonds. The van der Waals surface area contributed by atoms with Gasteiger partial charge in [-0.3, -0.25) is 4.79 Å². The van der Waals surface area contributed by atoms with Crippen LogP contribution in [0, 0.1) is 0 Å². The van der Waals surface area contributed by atoms with Crippen molar-refractivity contribution in [1.82, 2.24) is 0 Å². The molecule has 24 heavy (non-hydrogen) atoms. The van der Waals surface area contributed by atoms with E-state index in [9.17, 15) is 9.90 Å². The van der Waals surface area contributed by atoms with Crippen LogP contribution in [0.4, 0.5) is 0 Å². The quantitative estimate of drug-likeness (QED) is 0.618. The minimum atomic E-state index is -0.187. The summed E-state index contributed by atoms with van der Waals surface area (Å²) in [4.78, 5) is 12.2. The first-order valence-corrected chi connectivity index (χ1v) is 8.88. The number of hydrogen-bond donors (Lipinski definition) is 1. The van der Waals surface area contributed by atoms with Crippen molar-refractivity contribution in [3.05, 3.63) is 57.1 Å². The fraction of sp³-hybridized carbons (Fsp3) is 0.381. The summed E-state index contributed by atoms with van der Waals surface area (Å²) in [7, 11) is 0. The standard InChI is InChI=1S/C21H25BrO2/c1-20(2,3)16-10-13(11-17(19(16)24)21(4,5)6)9-14-7-8-15(22)12-18(14)23/h7-12,24H,1-6H3/b14-9+. The molecule has 1 aliphatic rings. The molecule has 128 valence electrons. The summed E-state index contributed by atoms with van der Waals surface area (Å²) in [6, 6.07) is 3.96. The van der Waals surface area contributed by atoms with Crippen molar-refractivity contribution in [2.75, 3.05) is 0 Å². The number of carbonyl (C=O) groups excluding carboxylic acids is 1. The van der Waals surface area contributed by atoms with Gasteiger partial charge in [0.15, 0.2) is 5.78 Å². The van der Waals surface area contributed by atoms with Gasteiger partial charge in [0.05, 0.1) is 0 Å². The Morgan fingerprint density at radius 1 is 0.958 bits per heavy atom. The fourth-order valence-corrected chi connectivity index (χ4v) is 3.03. The average Bonchev–Trinajstić information content (AvgIpc) is 2.41. The van der Waals surface area contributed by atoms with E-state index < -0.39 is 0 Å². The van der Waals surface area contributed by atoms with Crippen molar-refractivity contribution in [1.29, 1.82) is 0 Å². The molecule has 0 unspecified atom stereocenters. The predicted molar refractivity (Wildman–Crippen MR) is 105 cm³/mol. The lowest BCUT2D eigenvalue weighted by atomic mass is 9.78. The van der Waals surface area contributed by atoms with Gasteiger partial charge in [-0.15, -0.1) is 0 Å². The van der Waals surface area contributed by atoms with Crippen LogP contribution in [0.15, 0.2) is 40.4 Å². The lowest BCUT2D eigenvalue weighted by molar-refractivity contribution is -0.111. The SMILES string of the molecule is CC(C)(C)c1cc(/C=C2\C=CC(Br)=CC2=O)cc(C(C)(C)C)c1O. The van der Waals surface area contributed by atoms with Crippen molar-refractivity contribution in [3.8, 4) is 5.75 Å². The molecule has 1 N–H and O–H groups in total. The molecule has 3 heteroatoms. The number of hydrogen-bond acceptors (Lipinski definition) is 2. The second kappa shape index (κ2) is 6.36. The maximum Gasteiger partial charge on any atom is 0.186 e. The Labute approximate surface area is 153 Å². The number of benzene rings is 1. The Balaban J connectivity index is 2.64. The van der Waals surface area contributed by atoms with Crippen LogP contribution in [0.25, 0.3) is 6.08 Å². The Hall–Kier alpha value is -1.61. The normalized spacial score (nSPS) is 17.4. The molecule has 0 fully saturated rings. The monoisotopic (exact) mass is 388 g/mol. The van der Waals surface area contributed by atoms with Crippen LogP contribution in [0.1, 0.15) is 58.2 Å². The van der Waals surface area contributed by atoms with Crippen LogP contribution in [0.2, 0.25) is 0 Å². The van der Waals surface area contributed by atoms with E-state index in [0.717, 1.165) is 21.2 Å². The number of allylic oxidation sites excluding steroid dienone is 5. The molecule has 1 aliphatic carbocycles. The van der Waals surface area contributed by atoms with Gasteiger partial charge in [0.1, 0.15) is 5.75 Å². The maximum absolute atomic E-state index is 12.2. The second-order valence-electron chi connectivity index (χ2n) is 8.29. The zero-order valence-electron chi connectivity index (χ0n) is 15.2. The maximum atomic E-state index is 12.2. The number of carbonyl (C=O) groups is 1. The Kier molecular flexibility index (Phi) is 4.96. The van der Waals surface area contributed by atoms with Gasteiger partial charge in [0.25, 0.3) is 0 Å². The molecule has 2 rings (SSSR count). The number of phenolic OH excluding ortho intramolecular Hbond substituents is 1. The summed E-state index contributed by atoms with van der Waals surface area (Å²) in [6.07, 6.45) is 7.13. The summed E-state index contributed by atoms with van der Waals surface area (Å²) < 4.78 is 0.779. The predicted octanol–water partition coefficient (Wildman–Crippen LogP) is 5.79. The van der Waals surface area contributed by atoms with Gasteiger partial charge in [0, 0.05) is 27.3 Å². The first-order chi connectivity index (χ1) is 10.9. The summed E-state index contributed by atoms with van der Waals surface area (Å²) in [5.41, 5.74) is 2.99. The van der Waals surface area contributed by atoms with E-state index in [0.29, 0.717) is 11.3 Å². The molecule has 0 aliphatic heterocycles. The van der Waals surface area contributed by atoms with Crippen LogP contribution in [0.5, 0.6) is 5.75 Å². The lowest BCUT2D eigenvalue weighted by Gasteiger charge is -2.28. The first-order valence-electron chi connectivity index (χ1n) is 8.09. The van der Waals surface area contributed by atoms with Crippen LogP contribution in [-0.4, -0.2) is 10.9 Å². The first kappa shape index (κ1) is 18.7. The minimum Gasteiger partial charge on any atom is -0.507 e. The molecular weight excluding hydrogens is 364 g/mol. The summed E-state index contributed by atoms with van der Waals surface area (Å²) in [6.45, 7) is 12.5. The van der Waals surface area contributed by atoms with E-state index in [-0.39, 0.29) is 16.6 Å². The number of aromatic hydroxyl groups is 1. The van der Waals surface area contributed by atoms with Crippen LogP contribution < -0.4 is 0 Å². The van der Waals surface area contributed by atoms with Crippen molar-refractivity contribution in [3.63, 3.8) is 0 Å². The van der Waals surface area contributed by atoms with Gasteiger partial charge in [-0.25, -0.2) is 0 Å². The topological polar surface area (TPSA) is 37.3 Å². The van der Waals surface area contributed by atoms with Crippen molar-refractivity contribution in [2.24, 2.45) is 0 Å². The van der Waals surface area contributed by atoms with Gasteiger partial charge >= 0.3 is 0 Å². The van der Waals surface area contributed by atoms with E-state index in [1.807, 2.05) is 30.4 Å². The van der Waals surface area contributed by atoms with E-state index in [2.05, 4.69) is 57.5 Å². The van der Waals surface area contributed by atoms with E-state index in [1.54, 1.807) is 6.08 Å². The van der Waals surface area contributed by atoms with Crippen molar-refractivity contribution < 1.29 is 9.90 Å². The molecular formula is C21H25BrO2. The summed E-state index contributed by atoms with van der Waals surface area (Å²) >= 11 is 3.32. The summed E-state index contributed by atoms with van der Waals surface area (Å²) in [5.74, 6) is 0.331. The van der Waals surface area contributed by atoms with Gasteiger partial charge in [-0.1, -0.05) is 57.5 Å². The average molecular weight is 389 g/mol. The molecule has 1 aromatic rings. The van der Waals surface area contributed by atoms with Crippen LogP contribution >= 0.6 is 15.9 Å². The van der Waals surface area contributed by atoms with Gasteiger partial charge < -0.3 is 5.11 Å². The fourth-order valence-electron chi connectivity index (χ4n) is 2.69. The van der Waals surface area contributed by atoms with Gasteiger partial charge in [-0.05, 0) is 46.8 Å². The van der Waals surface area contributed by atoms with E-state index in [1.165, 1.54) is 0 Å². The smallest absolute Gasteiger partial charge is 0.186 e. The van der Waals surface area contributed by atoms with Gasteiger partial charge in [0.2, 0.25) is 0 Å². The third-order valence-corrected chi connectivity index (χ3v) is 4.54. The number of rotatable bonds is 1. The molecule has 0 atom stereocenters. The highest BCUT2D eigenvalue weighted by atomic mass is 79.9. The minimum absolute atomic E-state index is 0.0212. The number of phenols is 1. The highest BCUT2D eigenvalue weighted by Crippen LogP contribution is 2.40. The van der Waals surface area contributed by atoms with Crippen LogP contribution in [-0.2, 0) is 15.6 Å². The van der Waals surface area contributed by atoms with Crippen LogP contribution in [0.3, 0.4) is 0 Å². The molecule has 0 aromatic heterocycles. The number of ketones is 1. The van der Waals surface area contributed by atoms with E-state index >= 15 is 0 Å². The van der Waals surface area contributed by atoms with Crippen molar-refractivity contribution in [2.45, 2.75) is 52.4 Å². The second-order valence-corrected chi connectivity index (χ2v) is 9.21. The molecule has 0 saturated heterocycles. The summed E-state index contributed by atoms with van der Waals surface area (Å²) in [5, 5.41) is 10.8. The zero-order valence-corrected chi connectivity index (χ0v) is 16.8. The van der Waals surface area contributed by atoms with Crippen molar-refractivity contribution >= 4 is 27.8 Å². The molecule has 0 bridgehead atoms. The highest BCUT2D eigenvalue weighted by Gasteiger charge is 2.26. The van der Waals surface area contributed by atoms with E-state index in [4.69, 9.17) is 0 Å². The molecule has 0 saturated carbocycles. The third kappa shape index (κ3) is 4.07. The molecule has 1 aromatic carbocycles. The Morgan fingerprint density at radius 3 is 1.88 bits per heavy atom. The largest absolute Gasteiger partial charge is 0.507 e. The molecule has 0 radical (unpaired) electrons. The molecule has 0 spiro atoms. The Morgan fingerprint density at radius 2 is 1.46 bits per heavy atom. The highest BCUT2D eigenvalue weighted by molar-refractivity contribution is 9.11. The molecule has 0 heterocycles. The zero-order chi connectivity index (χ0) is 18.3. The lowest BCUT2D eigenvalue weighted by Crippen LogP contribution is -2.17. The molecule has 2 nitrogen and oxygen atoms in total. The Bertz CT molecular complexity index is 731. The number of halogens is 1.